The van der Waals surface area contributed by atoms with Crippen molar-refractivity contribution < 1.29 is 14.8 Å². The highest BCUT2D eigenvalue weighted by Gasteiger charge is 2.07. The van der Waals surface area contributed by atoms with Crippen LogP contribution in [0.4, 0.5) is 5.69 Å². The second-order valence-corrected chi connectivity index (χ2v) is 2.64. The molecule has 0 amide bonds. The smallest absolute Gasteiger partial charge is 0.316 e. The van der Waals surface area contributed by atoms with Crippen molar-refractivity contribution >= 4 is 5.69 Å². The van der Waals surface area contributed by atoms with Crippen molar-refractivity contribution in [3.8, 4) is 6.01 Å². The third-order valence-electron chi connectivity index (χ3n) is 1.28. The Bertz CT molecular complexity index is 311. The summed E-state index contributed by atoms with van der Waals surface area (Å²) in [5.74, 6) is 0. The highest BCUT2D eigenvalue weighted by atomic mass is 16.6. The molecule has 0 unspecified atom stereocenters. The second kappa shape index (κ2) is 4.47. The lowest BCUT2D eigenvalue weighted by atomic mass is 10.4. The molecule has 0 fully saturated rings. The quantitative estimate of drug-likeness (QED) is 0.547. The summed E-state index contributed by atoms with van der Waals surface area (Å²) in [6.07, 6.45) is 1.46. The zero-order chi connectivity index (χ0) is 10.6. The van der Waals surface area contributed by atoms with Crippen LogP contribution >= 0.6 is 0 Å². The molecule has 0 saturated heterocycles. The van der Waals surface area contributed by atoms with Crippen molar-refractivity contribution in [1.82, 2.24) is 9.97 Å². The van der Waals surface area contributed by atoms with Gasteiger partial charge in [0.1, 0.15) is 19.0 Å². The molecule has 0 bridgehead atoms. The van der Waals surface area contributed by atoms with E-state index in [1.165, 1.54) is 0 Å². The van der Waals surface area contributed by atoms with Crippen molar-refractivity contribution in [3.05, 3.63) is 22.5 Å². The Kier molecular flexibility index (Phi) is 3.29. The predicted octanol–water partition coefficient (Wildman–Crippen LogP) is 0.144. The number of nitrogens with zero attached hydrogens (tertiary/aromatic N) is 3. The second-order valence-electron chi connectivity index (χ2n) is 2.64. The Morgan fingerprint density at radius 1 is 1.64 bits per heavy atom. The Labute approximate surface area is 79.5 Å². The van der Waals surface area contributed by atoms with Gasteiger partial charge < -0.3 is 9.84 Å². The first kappa shape index (κ1) is 10.3. The minimum Gasteiger partial charge on any atom is -0.461 e. The molecule has 1 atom stereocenters. The molecule has 0 saturated carbocycles. The molecular formula is C7H9N3O4. The van der Waals surface area contributed by atoms with Gasteiger partial charge in [-0.25, -0.2) is 0 Å². The van der Waals surface area contributed by atoms with Gasteiger partial charge >= 0.3 is 11.7 Å². The van der Waals surface area contributed by atoms with Gasteiger partial charge in [-0.2, -0.15) is 9.97 Å². The molecule has 7 heteroatoms. The molecule has 0 aromatic carbocycles. The highest BCUT2D eigenvalue weighted by molar-refractivity contribution is 5.21. The number of hydrogen-bond acceptors (Lipinski definition) is 6. The van der Waals surface area contributed by atoms with E-state index in [1.807, 2.05) is 0 Å². The summed E-state index contributed by atoms with van der Waals surface area (Å²) in [5, 5.41) is 19.1. The third kappa shape index (κ3) is 2.94. The van der Waals surface area contributed by atoms with E-state index in [1.54, 1.807) is 6.92 Å². The van der Waals surface area contributed by atoms with Gasteiger partial charge in [0.25, 0.3) is 0 Å². The van der Waals surface area contributed by atoms with Crippen molar-refractivity contribution in [1.29, 1.82) is 0 Å². The Hall–Kier alpha value is -1.76. The van der Waals surface area contributed by atoms with Gasteiger partial charge in [-0.15, -0.1) is 0 Å². The molecule has 0 aliphatic heterocycles. The molecular weight excluding hydrogens is 190 g/mol. The maximum Gasteiger partial charge on any atom is 0.316 e. The van der Waals surface area contributed by atoms with Gasteiger partial charge in [0.2, 0.25) is 0 Å². The summed E-state index contributed by atoms with van der Waals surface area (Å²) >= 11 is 0. The van der Waals surface area contributed by atoms with Crippen molar-refractivity contribution in [2.75, 3.05) is 6.61 Å². The van der Waals surface area contributed by atoms with Crippen LogP contribution in [0.15, 0.2) is 12.4 Å². The summed E-state index contributed by atoms with van der Waals surface area (Å²) in [6, 6.07) is 0.0106. The first-order chi connectivity index (χ1) is 6.59. The van der Waals surface area contributed by atoms with Gasteiger partial charge in [0.15, 0.2) is 0 Å². The van der Waals surface area contributed by atoms with E-state index < -0.39 is 11.0 Å². The largest absolute Gasteiger partial charge is 0.461 e. The van der Waals surface area contributed by atoms with Crippen LogP contribution in [0.1, 0.15) is 6.92 Å². The molecule has 1 aromatic rings. The van der Waals surface area contributed by atoms with E-state index >= 15 is 0 Å². The average molecular weight is 199 g/mol. The van der Waals surface area contributed by atoms with Gasteiger partial charge in [-0.05, 0) is 6.92 Å². The fourth-order valence-electron chi connectivity index (χ4n) is 0.673. The predicted molar refractivity (Wildman–Crippen MR) is 45.9 cm³/mol. The van der Waals surface area contributed by atoms with Crippen LogP contribution in [-0.4, -0.2) is 32.7 Å². The SMILES string of the molecule is C[C@@H](O)COc1ncc([N+](=O)[O-])cn1. The standard InChI is InChI=1S/C7H9N3O4/c1-5(11)4-14-7-8-2-6(3-9-7)10(12)13/h2-3,5,11H,4H2,1H3/t5-/m1/s1. The minimum atomic E-state index is -0.631. The molecule has 76 valence electrons. The normalized spacial score (nSPS) is 12.1. The van der Waals surface area contributed by atoms with E-state index in [4.69, 9.17) is 9.84 Å². The number of aromatic nitrogens is 2. The Balaban J connectivity index is 2.60. The molecule has 1 rings (SSSR count). The van der Waals surface area contributed by atoms with Crippen molar-refractivity contribution in [3.63, 3.8) is 0 Å². The number of hydrogen-bond donors (Lipinski definition) is 1. The molecule has 7 nitrogen and oxygen atoms in total. The van der Waals surface area contributed by atoms with Crippen molar-refractivity contribution in [2.45, 2.75) is 13.0 Å². The van der Waals surface area contributed by atoms with Gasteiger partial charge in [0, 0.05) is 0 Å². The summed E-state index contributed by atoms with van der Waals surface area (Å²) in [7, 11) is 0. The van der Waals surface area contributed by atoms with Crippen LogP contribution in [0.2, 0.25) is 0 Å². The van der Waals surface area contributed by atoms with E-state index in [-0.39, 0.29) is 18.3 Å². The van der Waals surface area contributed by atoms with E-state index in [0.717, 1.165) is 12.4 Å². The topological polar surface area (TPSA) is 98.4 Å². The van der Waals surface area contributed by atoms with Crippen molar-refractivity contribution in [2.24, 2.45) is 0 Å². The van der Waals surface area contributed by atoms with Crippen LogP contribution < -0.4 is 4.74 Å². The Morgan fingerprint density at radius 2 is 2.21 bits per heavy atom. The lowest BCUT2D eigenvalue weighted by Crippen LogP contribution is -2.14. The summed E-state index contributed by atoms with van der Waals surface area (Å²) < 4.78 is 4.91. The van der Waals surface area contributed by atoms with E-state index in [0.29, 0.717) is 0 Å². The molecule has 0 radical (unpaired) electrons. The molecule has 0 aliphatic carbocycles. The van der Waals surface area contributed by atoms with Crippen LogP contribution in [-0.2, 0) is 0 Å². The van der Waals surface area contributed by atoms with E-state index in [9.17, 15) is 10.1 Å². The van der Waals surface area contributed by atoms with Gasteiger partial charge in [0.05, 0.1) is 11.0 Å². The van der Waals surface area contributed by atoms with E-state index in [2.05, 4.69) is 9.97 Å². The fraction of sp³-hybridized carbons (Fsp3) is 0.429. The molecule has 1 heterocycles. The summed E-state index contributed by atoms with van der Waals surface area (Å²) in [4.78, 5) is 16.8. The first-order valence-electron chi connectivity index (χ1n) is 3.87. The number of aliphatic hydroxyl groups is 1. The third-order valence-corrected chi connectivity index (χ3v) is 1.28. The zero-order valence-electron chi connectivity index (χ0n) is 7.45. The monoisotopic (exact) mass is 199 g/mol. The summed E-state index contributed by atoms with van der Waals surface area (Å²) in [6.45, 7) is 1.60. The number of rotatable bonds is 4. The fourth-order valence-corrected chi connectivity index (χ4v) is 0.673. The molecule has 1 N–H and O–H groups in total. The number of aliphatic hydroxyl groups excluding tert-OH is 1. The van der Waals surface area contributed by atoms with Crippen LogP contribution in [0.3, 0.4) is 0 Å². The van der Waals surface area contributed by atoms with Crippen LogP contribution in [0.5, 0.6) is 6.01 Å². The maximum absolute atomic E-state index is 10.2. The first-order valence-corrected chi connectivity index (χ1v) is 3.87. The molecule has 0 spiro atoms. The lowest BCUT2D eigenvalue weighted by Gasteiger charge is -2.04. The van der Waals surface area contributed by atoms with Crippen LogP contribution in [0, 0.1) is 10.1 Å². The summed E-state index contributed by atoms with van der Waals surface area (Å²) in [5.41, 5.74) is -0.200. The molecule has 1 aromatic heterocycles. The average Bonchev–Trinajstić information content (AvgIpc) is 2.15. The molecule has 14 heavy (non-hydrogen) atoms. The lowest BCUT2D eigenvalue weighted by molar-refractivity contribution is -0.385. The maximum atomic E-state index is 10.2. The minimum absolute atomic E-state index is 0.0106. The van der Waals surface area contributed by atoms with Gasteiger partial charge in [-0.1, -0.05) is 0 Å². The van der Waals surface area contributed by atoms with Crippen LogP contribution in [0.25, 0.3) is 0 Å². The van der Waals surface area contributed by atoms with Gasteiger partial charge in [-0.3, -0.25) is 10.1 Å². The number of ether oxygens (including phenoxy) is 1. The molecule has 0 aliphatic rings. The zero-order valence-corrected chi connectivity index (χ0v) is 7.45. The highest BCUT2D eigenvalue weighted by Crippen LogP contribution is 2.09. The Morgan fingerprint density at radius 3 is 2.64 bits per heavy atom. The number of nitro groups is 1.